The van der Waals surface area contributed by atoms with Crippen LogP contribution in [0.3, 0.4) is 0 Å². The van der Waals surface area contributed by atoms with Gasteiger partial charge in [-0.05, 0) is 27.2 Å². The van der Waals surface area contributed by atoms with Gasteiger partial charge in [0, 0.05) is 12.6 Å². The zero-order valence-corrected chi connectivity index (χ0v) is 11.4. The molecule has 0 aliphatic carbocycles. The average molecular weight is 244 g/mol. The first-order valence-corrected chi connectivity index (χ1v) is 6.37. The lowest BCUT2D eigenvalue weighted by Crippen LogP contribution is -2.29. The van der Waals surface area contributed by atoms with Crippen LogP contribution in [0, 0.1) is 13.8 Å². The van der Waals surface area contributed by atoms with Crippen molar-refractivity contribution in [1.29, 1.82) is 0 Å². The van der Waals surface area contributed by atoms with Crippen LogP contribution in [-0.4, -0.2) is 22.4 Å². The summed E-state index contributed by atoms with van der Waals surface area (Å²) < 4.78 is 1.98. The van der Waals surface area contributed by atoms with E-state index in [1.807, 2.05) is 18.5 Å². The number of aromatic nitrogens is 2. The maximum Gasteiger partial charge on any atom is 0.0844 e. The SMILES string of the molecule is CCCC(C)NCCn1nc(C)c(Cl)c1C. The van der Waals surface area contributed by atoms with Crippen molar-refractivity contribution in [2.45, 2.75) is 53.1 Å². The highest BCUT2D eigenvalue weighted by molar-refractivity contribution is 6.31. The lowest BCUT2D eigenvalue weighted by atomic mass is 10.2. The first kappa shape index (κ1) is 13.5. The molecule has 0 spiro atoms. The molecule has 0 amide bonds. The molecule has 1 rings (SSSR count). The van der Waals surface area contributed by atoms with E-state index in [0.29, 0.717) is 6.04 Å². The molecule has 4 heteroatoms. The Labute approximate surface area is 103 Å². The minimum absolute atomic E-state index is 0.581. The minimum atomic E-state index is 0.581. The van der Waals surface area contributed by atoms with Gasteiger partial charge in [0.05, 0.1) is 23.0 Å². The number of nitrogens with zero attached hydrogens (tertiary/aromatic N) is 2. The molecule has 0 aliphatic heterocycles. The number of rotatable bonds is 6. The predicted molar refractivity (Wildman–Crippen MR) is 69.1 cm³/mol. The van der Waals surface area contributed by atoms with Crippen molar-refractivity contribution in [3.8, 4) is 0 Å². The van der Waals surface area contributed by atoms with Crippen molar-refractivity contribution in [2.75, 3.05) is 6.54 Å². The number of hydrogen-bond donors (Lipinski definition) is 1. The van der Waals surface area contributed by atoms with Crippen LogP contribution in [0.4, 0.5) is 0 Å². The van der Waals surface area contributed by atoms with Crippen molar-refractivity contribution in [1.82, 2.24) is 15.1 Å². The molecule has 1 atom stereocenters. The van der Waals surface area contributed by atoms with E-state index < -0.39 is 0 Å². The Hall–Kier alpha value is -0.540. The van der Waals surface area contributed by atoms with Crippen LogP contribution in [0.2, 0.25) is 5.02 Å². The van der Waals surface area contributed by atoms with Crippen LogP contribution >= 0.6 is 11.6 Å². The highest BCUT2D eigenvalue weighted by Gasteiger charge is 2.08. The summed E-state index contributed by atoms with van der Waals surface area (Å²) in [6, 6.07) is 0.581. The van der Waals surface area contributed by atoms with Gasteiger partial charge in [-0.15, -0.1) is 0 Å². The molecule has 1 aromatic rings. The van der Waals surface area contributed by atoms with Gasteiger partial charge in [0.1, 0.15) is 0 Å². The van der Waals surface area contributed by atoms with Crippen LogP contribution in [0.15, 0.2) is 0 Å². The molecule has 1 N–H and O–H groups in total. The first-order chi connectivity index (χ1) is 7.56. The van der Waals surface area contributed by atoms with Gasteiger partial charge in [0.2, 0.25) is 0 Å². The highest BCUT2D eigenvalue weighted by atomic mass is 35.5. The molecule has 1 heterocycles. The highest BCUT2D eigenvalue weighted by Crippen LogP contribution is 2.18. The maximum absolute atomic E-state index is 6.09. The van der Waals surface area contributed by atoms with E-state index in [-0.39, 0.29) is 0 Å². The molecule has 0 bridgehead atoms. The van der Waals surface area contributed by atoms with Crippen molar-refractivity contribution in [3.05, 3.63) is 16.4 Å². The van der Waals surface area contributed by atoms with Crippen molar-refractivity contribution in [2.24, 2.45) is 0 Å². The van der Waals surface area contributed by atoms with Crippen LogP contribution < -0.4 is 5.32 Å². The molecule has 1 unspecified atom stereocenters. The van der Waals surface area contributed by atoms with E-state index in [1.54, 1.807) is 0 Å². The Morgan fingerprint density at radius 1 is 1.44 bits per heavy atom. The van der Waals surface area contributed by atoms with E-state index in [0.717, 1.165) is 29.5 Å². The Kier molecular flexibility index (Phi) is 5.29. The summed E-state index contributed by atoms with van der Waals surface area (Å²) in [6.07, 6.45) is 2.44. The molecule has 0 aromatic carbocycles. The normalized spacial score (nSPS) is 13.1. The van der Waals surface area contributed by atoms with E-state index in [2.05, 4.69) is 24.3 Å². The fourth-order valence-corrected chi connectivity index (χ4v) is 1.98. The van der Waals surface area contributed by atoms with Gasteiger partial charge in [0.15, 0.2) is 0 Å². The Balaban J connectivity index is 2.40. The molecule has 16 heavy (non-hydrogen) atoms. The molecule has 3 nitrogen and oxygen atoms in total. The molecule has 0 radical (unpaired) electrons. The Morgan fingerprint density at radius 3 is 2.62 bits per heavy atom. The Bertz CT molecular complexity index is 333. The summed E-state index contributed by atoms with van der Waals surface area (Å²) >= 11 is 6.09. The van der Waals surface area contributed by atoms with E-state index in [1.165, 1.54) is 12.8 Å². The number of nitrogens with one attached hydrogen (secondary N) is 1. The molecule has 1 aromatic heterocycles. The third kappa shape index (κ3) is 3.49. The first-order valence-electron chi connectivity index (χ1n) is 5.99. The van der Waals surface area contributed by atoms with Gasteiger partial charge in [-0.3, -0.25) is 4.68 Å². The van der Waals surface area contributed by atoms with Crippen molar-refractivity contribution in [3.63, 3.8) is 0 Å². The van der Waals surface area contributed by atoms with Gasteiger partial charge in [-0.25, -0.2) is 0 Å². The number of hydrogen-bond acceptors (Lipinski definition) is 2. The standard InChI is InChI=1S/C12H22ClN3/c1-5-6-9(2)14-7-8-16-11(4)12(13)10(3)15-16/h9,14H,5-8H2,1-4H3. The van der Waals surface area contributed by atoms with Gasteiger partial charge in [-0.2, -0.15) is 5.10 Å². The van der Waals surface area contributed by atoms with Crippen LogP contribution in [0.5, 0.6) is 0 Å². The third-order valence-electron chi connectivity index (χ3n) is 2.83. The van der Waals surface area contributed by atoms with E-state index >= 15 is 0 Å². The molecule has 92 valence electrons. The number of aryl methyl sites for hydroxylation is 1. The van der Waals surface area contributed by atoms with Gasteiger partial charge in [0.25, 0.3) is 0 Å². The van der Waals surface area contributed by atoms with Gasteiger partial charge in [-0.1, -0.05) is 24.9 Å². The summed E-state index contributed by atoms with van der Waals surface area (Å²) in [4.78, 5) is 0. The lowest BCUT2D eigenvalue weighted by Gasteiger charge is -2.12. The monoisotopic (exact) mass is 243 g/mol. The zero-order valence-electron chi connectivity index (χ0n) is 10.7. The topological polar surface area (TPSA) is 29.9 Å². The fourth-order valence-electron chi connectivity index (χ4n) is 1.84. The van der Waals surface area contributed by atoms with Crippen LogP contribution in [0.25, 0.3) is 0 Å². The van der Waals surface area contributed by atoms with Crippen molar-refractivity contribution >= 4 is 11.6 Å². The largest absolute Gasteiger partial charge is 0.312 e. The molecule has 0 fully saturated rings. The molecule has 0 saturated carbocycles. The smallest absolute Gasteiger partial charge is 0.0844 e. The second-order valence-corrected chi connectivity index (χ2v) is 4.73. The summed E-state index contributed by atoms with van der Waals surface area (Å²) in [7, 11) is 0. The van der Waals surface area contributed by atoms with Crippen LogP contribution in [-0.2, 0) is 6.54 Å². The van der Waals surface area contributed by atoms with E-state index in [9.17, 15) is 0 Å². The quantitative estimate of drug-likeness (QED) is 0.833. The molecule has 0 aliphatic rings. The second-order valence-electron chi connectivity index (χ2n) is 4.35. The van der Waals surface area contributed by atoms with Gasteiger partial charge >= 0.3 is 0 Å². The molecular weight excluding hydrogens is 222 g/mol. The summed E-state index contributed by atoms with van der Waals surface area (Å²) in [6.45, 7) is 10.2. The predicted octanol–water partition coefficient (Wildman–Crippen LogP) is 2.93. The summed E-state index contributed by atoms with van der Waals surface area (Å²) in [5.41, 5.74) is 1.98. The third-order valence-corrected chi connectivity index (χ3v) is 3.38. The Morgan fingerprint density at radius 2 is 2.12 bits per heavy atom. The van der Waals surface area contributed by atoms with Crippen molar-refractivity contribution < 1.29 is 0 Å². The second kappa shape index (κ2) is 6.26. The minimum Gasteiger partial charge on any atom is -0.312 e. The van der Waals surface area contributed by atoms with Crippen LogP contribution in [0.1, 0.15) is 38.1 Å². The zero-order chi connectivity index (χ0) is 12.1. The number of halogens is 1. The maximum atomic E-state index is 6.09. The summed E-state index contributed by atoms with van der Waals surface area (Å²) in [5, 5.41) is 8.67. The molecular formula is C12H22ClN3. The van der Waals surface area contributed by atoms with Gasteiger partial charge < -0.3 is 5.32 Å². The summed E-state index contributed by atoms with van der Waals surface area (Å²) in [5.74, 6) is 0. The average Bonchev–Trinajstić information content (AvgIpc) is 2.47. The lowest BCUT2D eigenvalue weighted by molar-refractivity contribution is 0.468. The fraction of sp³-hybridized carbons (Fsp3) is 0.750. The van der Waals surface area contributed by atoms with E-state index in [4.69, 9.17) is 11.6 Å². The molecule has 0 saturated heterocycles.